The average molecular weight is 316 g/mol. The van der Waals surface area contributed by atoms with Crippen LogP contribution in [0.5, 0.6) is 0 Å². The van der Waals surface area contributed by atoms with Gasteiger partial charge in [0.05, 0.1) is 6.61 Å². The van der Waals surface area contributed by atoms with E-state index in [-0.39, 0.29) is 18.6 Å². The van der Waals surface area contributed by atoms with Gasteiger partial charge in [-0.25, -0.2) is 0 Å². The van der Waals surface area contributed by atoms with Crippen LogP contribution in [0, 0.1) is 0 Å². The second-order valence-corrected chi connectivity index (χ2v) is 6.60. The van der Waals surface area contributed by atoms with Gasteiger partial charge in [-0.3, -0.25) is 4.79 Å². The molecule has 1 aliphatic heterocycles. The van der Waals surface area contributed by atoms with Crippen molar-refractivity contribution in [2.45, 2.75) is 32.5 Å². The van der Waals surface area contributed by atoms with E-state index in [1.54, 1.807) is 11.3 Å². The second-order valence-electron chi connectivity index (χ2n) is 5.60. The molecule has 22 heavy (non-hydrogen) atoms. The number of anilines is 1. The number of nitrogens with zero attached hydrogens (tertiary/aromatic N) is 1. The monoisotopic (exact) mass is 316 g/mol. The van der Waals surface area contributed by atoms with Crippen LogP contribution in [-0.4, -0.2) is 28.5 Å². The van der Waals surface area contributed by atoms with Gasteiger partial charge in [-0.05, 0) is 48.1 Å². The number of amides is 1. The van der Waals surface area contributed by atoms with E-state index in [9.17, 15) is 9.90 Å². The highest BCUT2D eigenvalue weighted by molar-refractivity contribution is 7.10. The molecule has 0 aliphatic carbocycles. The summed E-state index contributed by atoms with van der Waals surface area (Å²) in [5.41, 5.74) is 2.98. The predicted octanol–water partition coefficient (Wildman–Crippen LogP) is 2.63. The second kappa shape index (κ2) is 6.50. The SMILES string of the molecule is C[C@@H](Nc1cccc(CO)c1)C(=O)N1CCc2sccc2C1. The minimum absolute atomic E-state index is 0.00487. The Labute approximate surface area is 134 Å². The fourth-order valence-electron chi connectivity index (χ4n) is 2.78. The van der Waals surface area contributed by atoms with Crippen molar-refractivity contribution in [3.05, 3.63) is 51.7 Å². The highest BCUT2D eigenvalue weighted by Crippen LogP contribution is 2.24. The lowest BCUT2D eigenvalue weighted by atomic mass is 10.1. The lowest BCUT2D eigenvalue weighted by Gasteiger charge is -2.30. The van der Waals surface area contributed by atoms with Gasteiger partial charge < -0.3 is 15.3 Å². The number of rotatable bonds is 4. The normalized spacial score (nSPS) is 15.3. The summed E-state index contributed by atoms with van der Waals surface area (Å²) in [5.74, 6) is 0.117. The number of aliphatic hydroxyl groups is 1. The number of carbonyl (C=O) groups is 1. The van der Waals surface area contributed by atoms with Crippen LogP contribution in [-0.2, 0) is 24.4 Å². The summed E-state index contributed by atoms with van der Waals surface area (Å²) >= 11 is 1.78. The summed E-state index contributed by atoms with van der Waals surface area (Å²) in [6, 6.07) is 9.36. The molecule has 0 unspecified atom stereocenters. The van der Waals surface area contributed by atoms with Crippen LogP contribution in [0.4, 0.5) is 5.69 Å². The van der Waals surface area contributed by atoms with Crippen molar-refractivity contribution in [3.8, 4) is 0 Å². The zero-order valence-electron chi connectivity index (χ0n) is 12.6. The lowest BCUT2D eigenvalue weighted by molar-refractivity contribution is -0.132. The molecule has 116 valence electrons. The fraction of sp³-hybridized carbons (Fsp3) is 0.353. The number of hydrogen-bond acceptors (Lipinski definition) is 4. The van der Waals surface area contributed by atoms with Crippen molar-refractivity contribution < 1.29 is 9.90 Å². The third-order valence-electron chi connectivity index (χ3n) is 3.98. The quantitative estimate of drug-likeness (QED) is 0.912. The molecule has 1 aromatic carbocycles. The summed E-state index contributed by atoms with van der Waals surface area (Å²) in [6.45, 7) is 3.39. The fourth-order valence-corrected chi connectivity index (χ4v) is 3.67. The topological polar surface area (TPSA) is 52.6 Å². The molecule has 3 rings (SSSR count). The third-order valence-corrected chi connectivity index (χ3v) is 5.01. The van der Waals surface area contributed by atoms with Gasteiger partial charge in [0.2, 0.25) is 5.91 Å². The molecule has 1 aromatic heterocycles. The number of benzene rings is 1. The molecule has 1 amide bonds. The number of fused-ring (bicyclic) bond motifs is 1. The largest absolute Gasteiger partial charge is 0.392 e. The Morgan fingerprint density at radius 2 is 2.32 bits per heavy atom. The van der Waals surface area contributed by atoms with Gasteiger partial charge in [0.15, 0.2) is 0 Å². The molecule has 4 nitrogen and oxygen atoms in total. The molecule has 0 radical (unpaired) electrons. The van der Waals surface area contributed by atoms with Crippen LogP contribution in [0.2, 0.25) is 0 Å². The summed E-state index contributed by atoms with van der Waals surface area (Å²) in [6.07, 6.45) is 0.950. The van der Waals surface area contributed by atoms with Crippen LogP contribution in [0.3, 0.4) is 0 Å². The molecule has 2 N–H and O–H groups in total. The lowest BCUT2D eigenvalue weighted by Crippen LogP contribution is -2.43. The predicted molar refractivity (Wildman–Crippen MR) is 88.9 cm³/mol. The van der Waals surface area contributed by atoms with E-state index in [0.29, 0.717) is 6.54 Å². The zero-order valence-corrected chi connectivity index (χ0v) is 13.4. The van der Waals surface area contributed by atoms with E-state index >= 15 is 0 Å². The highest BCUT2D eigenvalue weighted by Gasteiger charge is 2.25. The molecular formula is C17H20N2O2S. The van der Waals surface area contributed by atoms with Crippen LogP contribution in [0.25, 0.3) is 0 Å². The Morgan fingerprint density at radius 3 is 3.14 bits per heavy atom. The van der Waals surface area contributed by atoms with Gasteiger partial charge in [-0.15, -0.1) is 11.3 Å². The maximum Gasteiger partial charge on any atom is 0.245 e. The molecule has 1 atom stereocenters. The summed E-state index contributed by atoms with van der Waals surface area (Å²) < 4.78 is 0. The van der Waals surface area contributed by atoms with Gasteiger partial charge >= 0.3 is 0 Å². The minimum atomic E-state index is -0.283. The van der Waals surface area contributed by atoms with Crippen molar-refractivity contribution in [1.29, 1.82) is 0 Å². The Kier molecular flexibility index (Phi) is 4.45. The smallest absolute Gasteiger partial charge is 0.245 e. The number of aliphatic hydroxyl groups excluding tert-OH is 1. The van der Waals surface area contributed by atoms with Crippen molar-refractivity contribution in [2.24, 2.45) is 0 Å². The first kappa shape index (κ1) is 15.1. The van der Waals surface area contributed by atoms with E-state index in [0.717, 1.165) is 24.2 Å². The van der Waals surface area contributed by atoms with Crippen molar-refractivity contribution >= 4 is 22.9 Å². The molecule has 1 aliphatic rings. The Hall–Kier alpha value is -1.85. The number of carbonyl (C=O) groups excluding carboxylic acids is 1. The molecule has 0 fully saturated rings. The summed E-state index contributed by atoms with van der Waals surface area (Å²) in [4.78, 5) is 15.9. The van der Waals surface area contributed by atoms with E-state index in [2.05, 4.69) is 16.8 Å². The summed E-state index contributed by atoms with van der Waals surface area (Å²) in [7, 11) is 0. The van der Waals surface area contributed by atoms with E-state index < -0.39 is 0 Å². The van der Waals surface area contributed by atoms with Gasteiger partial charge in [0.1, 0.15) is 6.04 Å². The van der Waals surface area contributed by atoms with Crippen molar-refractivity contribution in [1.82, 2.24) is 4.90 Å². The molecule has 2 heterocycles. The highest BCUT2D eigenvalue weighted by atomic mass is 32.1. The van der Waals surface area contributed by atoms with E-state index in [4.69, 9.17) is 0 Å². The molecule has 0 saturated carbocycles. The van der Waals surface area contributed by atoms with Crippen molar-refractivity contribution in [2.75, 3.05) is 11.9 Å². The standard InChI is InChI=1S/C17H20N2O2S/c1-12(18-15-4-2-3-13(9-15)11-20)17(21)19-7-5-16-14(10-19)6-8-22-16/h2-4,6,8-9,12,18,20H,5,7,10-11H2,1H3/t12-/m1/s1. The maximum absolute atomic E-state index is 12.6. The average Bonchev–Trinajstić information content (AvgIpc) is 3.01. The Bertz CT molecular complexity index is 668. The Morgan fingerprint density at radius 1 is 1.45 bits per heavy atom. The minimum Gasteiger partial charge on any atom is -0.392 e. The third kappa shape index (κ3) is 3.15. The van der Waals surface area contributed by atoms with Gasteiger partial charge in [-0.1, -0.05) is 12.1 Å². The maximum atomic E-state index is 12.6. The molecule has 0 saturated heterocycles. The van der Waals surface area contributed by atoms with Crippen molar-refractivity contribution in [3.63, 3.8) is 0 Å². The van der Waals surface area contributed by atoms with E-state index in [1.807, 2.05) is 36.1 Å². The van der Waals surface area contributed by atoms with Crippen LogP contribution in [0.15, 0.2) is 35.7 Å². The molecule has 5 heteroatoms. The van der Waals surface area contributed by atoms with Crippen LogP contribution in [0.1, 0.15) is 22.9 Å². The molecule has 0 spiro atoms. The van der Waals surface area contributed by atoms with Gasteiger partial charge in [0, 0.05) is 23.7 Å². The van der Waals surface area contributed by atoms with Gasteiger partial charge in [0.25, 0.3) is 0 Å². The molecule has 2 aromatic rings. The first-order valence-electron chi connectivity index (χ1n) is 7.47. The van der Waals surface area contributed by atoms with E-state index in [1.165, 1.54) is 10.4 Å². The summed E-state index contributed by atoms with van der Waals surface area (Å²) in [5, 5.41) is 14.5. The van der Waals surface area contributed by atoms with Crippen LogP contribution < -0.4 is 5.32 Å². The first-order chi connectivity index (χ1) is 10.7. The van der Waals surface area contributed by atoms with Gasteiger partial charge in [-0.2, -0.15) is 0 Å². The molecule has 0 bridgehead atoms. The Balaban J connectivity index is 1.65. The zero-order chi connectivity index (χ0) is 15.5. The first-order valence-corrected chi connectivity index (χ1v) is 8.35. The van der Waals surface area contributed by atoms with Crippen LogP contribution >= 0.6 is 11.3 Å². The number of thiophene rings is 1. The molecular weight excluding hydrogens is 296 g/mol. The number of hydrogen-bond donors (Lipinski definition) is 2. The number of nitrogens with one attached hydrogen (secondary N) is 1.